The molecule has 0 aliphatic heterocycles. The third-order valence-electron chi connectivity index (χ3n) is 2.07. The van der Waals surface area contributed by atoms with Gasteiger partial charge in [0.2, 0.25) is 0 Å². The number of allylic oxidation sites excluding steroid dienone is 1. The van der Waals surface area contributed by atoms with Crippen LogP contribution < -0.4 is 0 Å². The van der Waals surface area contributed by atoms with Crippen LogP contribution in [0.15, 0.2) is 42.5 Å². The Kier molecular flexibility index (Phi) is 4.77. The molecular formula is C14H18O2. The molecule has 0 saturated carbocycles. The molecule has 1 rings (SSSR count). The lowest BCUT2D eigenvalue weighted by molar-refractivity contribution is 0.0424. The first-order valence-electron chi connectivity index (χ1n) is 5.54. The minimum atomic E-state index is -0.276. The van der Waals surface area contributed by atoms with Crippen LogP contribution in [0, 0.1) is 5.92 Å². The number of carbonyl (C=O) groups is 1. The number of benzene rings is 1. The van der Waals surface area contributed by atoms with Gasteiger partial charge in [-0.1, -0.05) is 38.1 Å². The SMILES string of the molecule is CC(C)/C=C\C(C)OC(=O)c1ccccc1. The highest BCUT2D eigenvalue weighted by Crippen LogP contribution is 2.05. The molecule has 0 amide bonds. The maximum atomic E-state index is 11.6. The summed E-state index contributed by atoms with van der Waals surface area (Å²) in [7, 11) is 0. The number of hydrogen-bond donors (Lipinski definition) is 0. The molecule has 0 aliphatic rings. The first-order chi connectivity index (χ1) is 7.59. The predicted molar refractivity (Wildman–Crippen MR) is 65.3 cm³/mol. The predicted octanol–water partition coefficient (Wildman–Crippen LogP) is 3.44. The first kappa shape index (κ1) is 12.5. The number of carbonyl (C=O) groups excluding carboxylic acids is 1. The molecule has 0 bridgehead atoms. The van der Waals surface area contributed by atoms with Gasteiger partial charge in [-0.2, -0.15) is 0 Å². The molecule has 0 aliphatic carbocycles. The summed E-state index contributed by atoms with van der Waals surface area (Å²) in [4.78, 5) is 11.6. The van der Waals surface area contributed by atoms with Crippen LogP contribution in [0.1, 0.15) is 31.1 Å². The van der Waals surface area contributed by atoms with E-state index in [0.717, 1.165) is 0 Å². The normalized spacial score (nSPS) is 13.0. The van der Waals surface area contributed by atoms with Gasteiger partial charge in [0.1, 0.15) is 6.10 Å². The molecule has 0 radical (unpaired) electrons. The summed E-state index contributed by atoms with van der Waals surface area (Å²) in [5.74, 6) is 0.194. The number of hydrogen-bond acceptors (Lipinski definition) is 2. The van der Waals surface area contributed by atoms with Gasteiger partial charge in [-0.3, -0.25) is 0 Å². The van der Waals surface area contributed by atoms with E-state index < -0.39 is 0 Å². The standard InChI is InChI=1S/C14H18O2/c1-11(2)9-10-12(3)16-14(15)13-7-5-4-6-8-13/h4-12H,1-3H3/b10-9-. The first-order valence-corrected chi connectivity index (χ1v) is 5.54. The second-order valence-electron chi connectivity index (χ2n) is 4.11. The zero-order valence-electron chi connectivity index (χ0n) is 10.0. The second-order valence-corrected chi connectivity index (χ2v) is 4.11. The molecule has 2 nitrogen and oxygen atoms in total. The highest BCUT2D eigenvalue weighted by atomic mass is 16.5. The minimum absolute atomic E-state index is 0.185. The van der Waals surface area contributed by atoms with Gasteiger partial charge < -0.3 is 4.74 Å². The fourth-order valence-corrected chi connectivity index (χ4v) is 1.23. The van der Waals surface area contributed by atoms with Crippen molar-refractivity contribution in [1.82, 2.24) is 0 Å². The molecule has 16 heavy (non-hydrogen) atoms. The maximum absolute atomic E-state index is 11.6. The van der Waals surface area contributed by atoms with Crippen molar-refractivity contribution in [2.75, 3.05) is 0 Å². The van der Waals surface area contributed by atoms with Crippen LogP contribution in [0.3, 0.4) is 0 Å². The molecule has 2 heteroatoms. The van der Waals surface area contributed by atoms with E-state index in [0.29, 0.717) is 11.5 Å². The molecular weight excluding hydrogens is 200 g/mol. The third kappa shape index (κ3) is 4.30. The summed E-state index contributed by atoms with van der Waals surface area (Å²) in [5, 5.41) is 0. The summed E-state index contributed by atoms with van der Waals surface area (Å²) in [6, 6.07) is 9.03. The zero-order valence-corrected chi connectivity index (χ0v) is 10.0. The van der Waals surface area contributed by atoms with E-state index in [2.05, 4.69) is 13.8 Å². The van der Waals surface area contributed by atoms with Crippen molar-refractivity contribution in [3.63, 3.8) is 0 Å². The molecule has 86 valence electrons. The van der Waals surface area contributed by atoms with Gasteiger partial charge in [-0.05, 0) is 31.1 Å². The largest absolute Gasteiger partial charge is 0.455 e. The average Bonchev–Trinajstić information content (AvgIpc) is 2.27. The van der Waals surface area contributed by atoms with Crippen molar-refractivity contribution < 1.29 is 9.53 Å². The van der Waals surface area contributed by atoms with Crippen molar-refractivity contribution in [3.05, 3.63) is 48.0 Å². The van der Waals surface area contributed by atoms with Gasteiger partial charge in [0.15, 0.2) is 0 Å². The summed E-state index contributed by atoms with van der Waals surface area (Å²) in [5.41, 5.74) is 0.590. The van der Waals surface area contributed by atoms with Gasteiger partial charge in [0, 0.05) is 0 Å². The lowest BCUT2D eigenvalue weighted by Gasteiger charge is -2.09. The number of ether oxygens (including phenoxy) is 1. The Bertz CT molecular complexity index is 352. The number of rotatable bonds is 4. The molecule has 1 aromatic carbocycles. The highest BCUT2D eigenvalue weighted by Gasteiger charge is 2.08. The average molecular weight is 218 g/mol. The van der Waals surface area contributed by atoms with Crippen molar-refractivity contribution in [2.24, 2.45) is 5.92 Å². The third-order valence-corrected chi connectivity index (χ3v) is 2.07. The summed E-state index contributed by atoms with van der Waals surface area (Å²) < 4.78 is 5.26. The maximum Gasteiger partial charge on any atom is 0.338 e. The van der Waals surface area contributed by atoms with E-state index in [1.807, 2.05) is 37.3 Å². The fraction of sp³-hybridized carbons (Fsp3) is 0.357. The van der Waals surface area contributed by atoms with Crippen molar-refractivity contribution in [1.29, 1.82) is 0 Å². The molecule has 0 N–H and O–H groups in total. The van der Waals surface area contributed by atoms with E-state index in [4.69, 9.17) is 4.74 Å². The topological polar surface area (TPSA) is 26.3 Å². The lowest BCUT2D eigenvalue weighted by Crippen LogP contribution is -2.12. The minimum Gasteiger partial charge on any atom is -0.455 e. The number of esters is 1. The van der Waals surface area contributed by atoms with Crippen LogP contribution in [0.5, 0.6) is 0 Å². The van der Waals surface area contributed by atoms with E-state index in [1.54, 1.807) is 12.1 Å². The van der Waals surface area contributed by atoms with Crippen LogP contribution in [0.25, 0.3) is 0 Å². The van der Waals surface area contributed by atoms with Crippen LogP contribution in [-0.2, 0) is 4.74 Å². The van der Waals surface area contributed by atoms with Gasteiger partial charge in [-0.15, -0.1) is 0 Å². The molecule has 0 spiro atoms. The van der Waals surface area contributed by atoms with E-state index in [9.17, 15) is 4.79 Å². The Morgan fingerprint density at radius 2 is 1.75 bits per heavy atom. The van der Waals surface area contributed by atoms with E-state index in [-0.39, 0.29) is 12.1 Å². The molecule has 0 fully saturated rings. The van der Waals surface area contributed by atoms with Gasteiger partial charge in [0.05, 0.1) is 5.56 Å². The van der Waals surface area contributed by atoms with Crippen molar-refractivity contribution >= 4 is 5.97 Å². The van der Waals surface area contributed by atoms with Crippen LogP contribution >= 0.6 is 0 Å². The monoisotopic (exact) mass is 218 g/mol. The Morgan fingerprint density at radius 3 is 2.31 bits per heavy atom. The molecule has 0 aromatic heterocycles. The molecule has 1 aromatic rings. The Morgan fingerprint density at radius 1 is 1.12 bits per heavy atom. The zero-order chi connectivity index (χ0) is 12.0. The second kappa shape index (κ2) is 6.11. The summed E-state index contributed by atoms with van der Waals surface area (Å²) >= 11 is 0. The van der Waals surface area contributed by atoms with Crippen molar-refractivity contribution in [3.8, 4) is 0 Å². The van der Waals surface area contributed by atoms with E-state index >= 15 is 0 Å². The fourth-order valence-electron chi connectivity index (χ4n) is 1.23. The smallest absolute Gasteiger partial charge is 0.338 e. The van der Waals surface area contributed by atoms with Crippen LogP contribution in [0.4, 0.5) is 0 Å². The Hall–Kier alpha value is -1.57. The van der Waals surface area contributed by atoms with Gasteiger partial charge in [-0.25, -0.2) is 4.79 Å². The lowest BCUT2D eigenvalue weighted by atomic mass is 10.2. The van der Waals surface area contributed by atoms with Gasteiger partial charge >= 0.3 is 5.97 Å². The molecule has 1 unspecified atom stereocenters. The summed E-state index contributed by atoms with van der Waals surface area (Å²) in [6.07, 6.45) is 3.75. The summed E-state index contributed by atoms with van der Waals surface area (Å²) in [6.45, 7) is 6.03. The molecule has 0 saturated heterocycles. The van der Waals surface area contributed by atoms with Crippen molar-refractivity contribution in [2.45, 2.75) is 26.9 Å². The molecule has 1 atom stereocenters. The highest BCUT2D eigenvalue weighted by molar-refractivity contribution is 5.89. The Balaban J connectivity index is 2.52. The quantitative estimate of drug-likeness (QED) is 0.571. The molecule has 0 heterocycles. The van der Waals surface area contributed by atoms with Crippen LogP contribution in [0.2, 0.25) is 0 Å². The van der Waals surface area contributed by atoms with Gasteiger partial charge in [0.25, 0.3) is 0 Å². The Labute approximate surface area is 96.9 Å². The van der Waals surface area contributed by atoms with Crippen LogP contribution in [-0.4, -0.2) is 12.1 Å². The van der Waals surface area contributed by atoms with E-state index in [1.165, 1.54) is 0 Å².